The maximum absolute atomic E-state index is 15.7. The van der Waals surface area contributed by atoms with E-state index in [1.807, 2.05) is 32.3 Å². The standard InChI is InChI=1S/C69H109NO25S/c1-12-22-81-39-56(40-82-23-13-2)89-47-60(48-90-57(41-83-24-14-3)42-84-25-15-4)93-54-17-19-64-62(37-54)66(69(72)95-67-51(5)35-53(36-52(67)6)68(71)80-11)63-38-55(18-20-65(63)70(64)21-16-34-96(73,74)75)94-61(49-91-58(43-85-30-26-76-7)44-86-31-27-77-8)50-92-59(45-87-32-28-78-9)46-88-33-29-79-10/h17-20,35-38,56-61H,12-16,21-34,39-50H2,1-11H3. The third-order valence-electron chi connectivity index (χ3n) is 14.3. The maximum atomic E-state index is 15.7. The quantitative estimate of drug-likeness (QED) is 0.0105. The van der Waals surface area contributed by atoms with Crippen molar-refractivity contribution in [2.45, 2.75) is 117 Å². The molecule has 0 aliphatic heterocycles. The summed E-state index contributed by atoms with van der Waals surface area (Å²) in [6, 6.07) is 13.5. The lowest BCUT2D eigenvalue weighted by molar-refractivity contribution is -0.645. The van der Waals surface area contributed by atoms with Gasteiger partial charge in [-0.3, -0.25) is 0 Å². The highest BCUT2D eigenvalue weighted by atomic mass is 32.2. The molecule has 0 saturated heterocycles. The topological polar surface area (TPSA) is 280 Å². The summed E-state index contributed by atoms with van der Waals surface area (Å²) in [6.45, 7) is 17.9. The molecule has 546 valence electrons. The first-order valence-electron chi connectivity index (χ1n) is 33.2. The van der Waals surface area contributed by atoms with Crippen LogP contribution in [0.3, 0.4) is 0 Å². The Kier molecular flexibility index (Phi) is 43.2. The predicted octanol–water partition coefficient (Wildman–Crippen LogP) is 7.23. The predicted molar refractivity (Wildman–Crippen MR) is 356 cm³/mol. The molecule has 0 bridgehead atoms. The fourth-order valence-electron chi connectivity index (χ4n) is 9.71. The van der Waals surface area contributed by atoms with Gasteiger partial charge in [0.1, 0.15) is 53.9 Å². The average molecular weight is 1380 g/mol. The Morgan fingerprint density at radius 1 is 0.438 bits per heavy atom. The van der Waals surface area contributed by atoms with Crippen LogP contribution in [-0.2, 0) is 97.2 Å². The fourth-order valence-corrected chi connectivity index (χ4v) is 10.2. The van der Waals surface area contributed by atoms with Gasteiger partial charge in [-0.1, -0.05) is 27.7 Å². The smallest absolute Gasteiger partial charge is 0.345 e. The van der Waals surface area contributed by atoms with Gasteiger partial charge in [0.05, 0.1) is 171 Å². The minimum absolute atomic E-state index is 0.00972. The molecule has 1 heterocycles. The highest BCUT2D eigenvalue weighted by Crippen LogP contribution is 2.34. The van der Waals surface area contributed by atoms with E-state index in [2.05, 4.69) is 0 Å². The van der Waals surface area contributed by atoms with Crippen molar-refractivity contribution in [2.24, 2.45) is 0 Å². The average Bonchev–Trinajstić information content (AvgIpc) is 0.741. The van der Waals surface area contributed by atoms with Crippen LogP contribution >= 0.6 is 0 Å². The Labute approximate surface area is 568 Å². The van der Waals surface area contributed by atoms with Gasteiger partial charge in [0.15, 0.2) is 6.54 Å². The molecule has 0 atom stereocenters. The summed E-state index contributed by atoms with van der Waals surface area (Å²) >= 11 is 0. The monoisotopic (exact) mass is 1380 g/mol. The van der Waals surface area contributed by atoms with E-state index in [1.54, 1.807) is 90.8 Å². The molecular weight excluding hydrogens is 1270 g/mol. The molecule has 26 nitrogen and oxygen atoms in total. The molecule has 4 rings (SSSR count). The van der Waals surface area contributed by atoms with E-state index >= 15 is 4.79 Å². The lowest BCUT2D eigenvalue weighted by Gasteiger charge is -2.26. The first-order valence-corrected chi connectivity index (χ1v) is 34.8. The van der Waals surface area contributed by atoms with Crippen molar-refractivity contribution >= 4 is 43.9 Å². The molecule has 3 aromatic carbocycles. The van der Waals surface area contributed by atoms with Crippen LogP contribution in [0.5, 0.6) is 17.2 Å². The van der Waals surface area contributed by atoms with Gasteiger partial charge in [0, 0.05) is 79.2 Å². The first-order chi connectivity index (χ1) is 46.6. The third kappa shape index (κ3) is 32.4. The van der Waals surface area contributed by atoms with E-state index in [9.17, 15) is 17.8 Å². The summed E-state index contributed by atoms with van der Waals surface area (Å²) in [4.78, 5) is 28.5. The van der Waals surface area contributed by atoms with Gasteiger partial charge in [0.2, 0.25) is 11.0 Å². The van der Waals surface area contributed by atoms with Gasteiger partial charge in [-0.2, -0.15) is 4.57 Å². The number of hydrogen-bond acceptors (Lipinski definition) is 25. The van der Waals surface area contributed by atoms with E-state index < -0.39 is 64.4 Å². The van der Waals surface area contributed by atoms with E-state index in [0.29, 0.717) is 118 Å². The second-order valence-electron chi connectivity index (χ2n) is 22.7. The molecular formula is C69H109NO25S. The number of pyridine rings is 1. The Morgan fingerprint density at radius 3 is 1.07 bits per heavy atom. The highest BCUT2D eigenvalue weighted by Gasteiger charge is 2.30. The van der Waals surface area contributed by atoms with Gasteiger partial charge in [-0.15, -0.1) is 0 Å². The number of rotatable bonds is 59. The molecule has 0 amide bonds. The van der Waals surface area contributed by atoms with Gasteiger partial charge in [-0.25, -0.2) is 18.0 Å². The van der Waals surface area contributed by atoms with Gasteiger partial charge < -0.3 is 99.3 Å². The van der Waals surface area contributed by atoms with Gasteiger partial charge in [-0.05, 0) is 87.1 Å². The van der Waals surface area contributed by atoms with Crippen molar-refractivity contribution in [3.05, 3.63) is 70.8 Å². The molecule has 0 aliphatic rings. The largest absolute Gasteiger partial charge is 0.748 e. The number of carbonyl (C=O) groups is 2. The summed E-state index contributed by atoms with van der Waals surface area (Å²) in [5.41, 5.74) is 2.15. The number of hydrogen-bond donors (Lipinski definition) is 0. The van der Waals surface area contributed by atoms with Crippen molar-refractivity contribution in [2.75, 3.05) is 200 Å². The van der Waals surface area contributed by atoms with Crippen LogP contribution in [0.25, 0.3) is 21.8 Å². The lowest BCUT2D eigenvalue weighted by atomic mass is 10.0. The van der Waals surface area contributed by atoms with Crippen LogP contribution in [0.15, 0.2) is 48.5 Å². The second-order valence-corrected chi connectivity index (χ2v) is 24.2. The molecule has 0 spiro atoms. The van der Waals surface area contributed by atoms with Crippen LogP contribution in [-0.4, -0.2) is 261 Å². The molecule has 0 N–H and O–H groups in total. The minimum atomic E-state index is -4.66. The zero-order chi connectivity index (χ0) is 69.8. The maximum Gasteiger partial charge on any atom is 0.345 e. The van der Waals surface area contributed by atoms with Crippen LogP contribution in [0.2, 0.25) is 0 Å². The third-order valence-corrected chi connectivity index (χ3v) is 15.1. The summed E-state index contributed by atoms with van der Waals surface area (Å²) in [5, 5.41) is 0.609. The summed E-state index contributed by atoms with van der Waals surface area (Å²) in [7, 11) is 2.95. The van der Waals surface area contributed by atoms with Crippen molar-refractivity contribution in [1.29, 1.82) is 0 Å². The molecule has 0 aliphatic carbocycles. The number of carbonyl (C=O) groups excluding carboxylic acids is 2. The molecule has 0 saturated carbocycles. The Bertz CT molecular complexity index is 2760. The highest BCUT2D eigenvalue weighted by molar-refractivity contribution is 7.85. The normalized spacial score (nSPS) is 12.1. The van der Waals surface area contributed by atoms with Gasteiger partial charge in [0.25, 0.3) is 0 Å². The Balaban J connectivity index is 2.03. The van der Waals surface area contributed by atoms with E-state index in [0.717, 1.165) is 25.7 Å². The SMILES string of the molecule is CCCOCC(COCCC)OCC(COC(COCCC)COCCC)Oc1ccc2c(c1)c(C(=O)Oc1c(C)cc(C(=O)OC)cc1C)c1cc(OC(COC(COCCOC)COCCOC)COC(COCCOC)COCCOC)ccc1[n+]2CCCS(=O)(=O)[O-]. The Morgan fingerprint density at radius 2 is 0.771 bits per heavy atom. The van der Waals surface area contributed by atoms with Crippen LogP contribution in [0, 0.1) is 13.8 Å². The van der Waals surface area contributed by atoms with Crippen molar-refractivity contribution in [3.8, 4) is 17.2 Å². The number of aromatic nitrogens is 1. The molecule has 0 fully saturated rings. The molecule has 0 radical (unpaired) electrons. The number of methoxy groups -OCH3 is 5. The number of nitrogens with zero attached hydrogens (tertiary/aromatic N) is 1. The molecule has 1 aromatic heterocycles. The number of esters is 2. The summed E-state index contributed by atoms with van der Waals surface area (Å²) < 4.78 is 158. The zero-order valence-electron chi connectivity index (χ0n) is 58.6. The number of aryl methyl sites for hydroxylation is 3. The molecule has 96 heavy (non-hydrogen) atoms. The summed E-state index contributed by atoms with van der Waals surface area (Å²) in [5.74, 6) is -1.32. The lowest BCUT2D eigenvalue weighted by Crippen LogP contribution is -2.38. The second kappa shape index (κ2) is 49.6. The first kappa shape index (κ1) is 83.6. The van der Waals surface area contributed by atoms with E-state index in [1.165, 1.54) is 7.11 Å². The van der Waals surface area contributed by atoms with Crippen LogP contribution < -0.4 is 18.8 Å². The zero-order valence-corrected chi connectivity index (χ0v) is 59.4. The Hall–Kier alpha value is -4.86. The molecule has 0 unspecified atom stereocenters. The molecule has 4 aromatic rings. The van der Waals surface area contributed by atoms with Crippen molar-refractivity contribution in [1.82, 2.24) is 0 Å². The van der Waals surface area contributed by atoms with E-state index in [-0.39, 0.29) is 115 Å². The van der Waals surface area contributed by atoms with E-state index in [4.69, 9.17) is 94.7 Å². The fraction of sp³-hybridized carbons (Fsp3) is 0.696. The van der Waals surface area contributed by atoms with Crippen LogP contribution in [0.1, 0.15) is 91.6 Å². The van der Waals surface area contributed by atoms with Crippen molar-refractivity contribution < 1.29 is 122 Å². The number of fused-ring (bicyclic) bond motifs is 2. The van der Waals surface area contributed by atoms with Crippen molar-refractivity contribution in [3.63, 3.8) is 0 Å². The van der Waals surface area contributed by atoms with Crippen LogP contribution in [0.4, 0.5) is 0 Å². The molecule has 27 heteroatoms. The van der Waals surface area contributed by atoms with Gasteiger partial charge >= 0.3 is 11.9 Å². The summed E-state index contributed by atoms with van der Waals surface area (Å²) in [6.07, 6.45) is -0.570. The minimum Gasteiger partial charge on any atom is -0.748 e. The number of benzene rings is 3. The number of ether oxygens (including phenoxy) is 20.